The monoisotopic (exact) mass is 929 g/mol. The average molecular weight is 930 g/mol. The molecule has 3 heterocycles. The van der Waals surface area contributed by atoms with E-state index in [2.05, 4.69) is 80.7 Å². The fraction of sp³-hybridized carbons (Fsp3) is 0.224. The number of fused-ring (bicyclic) bond motifs is 4. The average Bonchev–Trinajstić information content (AvgIpc) is 3.62. The molecule has 2 amide bonds. The molecular formula is C58H56BN3O6Si. The number of imide groups is 1. The van der Waals surface area contributed by atoms with Crippen LogP contribution in [0.3, 0.4) is 0 Å². The van der Waals surface area contributed by atoms with Crippen LogP contribution in [-0.2, 0) is 18.7 Å². The molecule has 346 valence electrons. The first-order valence-electron chi connectivity index (χ1n) is 23.9. The third kappa shape index (κ3) is 8.88. The summed E-state index contributed by atoms with van der Waals surface area (Å²) in [5.41, 5.74) is 6.86. The summed E-state index contributed by atoms with van der Waals surface area (Å²) in [5.74, 6) is -2.10. The Balaban J connectivity index is 1.05. The zero-order chi connectivity index (χ0) is 47.7. The van der Waals surface area contributed by atoms with Crippen molar-refractivity contribution in [3.05, 3.63) is 198 Å². The van der Waals surface area contributed by atoms with E-state index < -0.39 is 39.3 Å². The highest BCUT2D eigenvalue weighted by Gasteiger charge is 2.58. The van der Waals surface area contributed by atoms with Gasteiger partial charge in [0.05, 0.1) is 35.9 Å². The summed E-state index contributed by atoms with van der Waals surface area (Å²) in [5, 5.41) is 29.5. The van der Waals surface area contributed by atoms with Crippen LogP contribution in [0.25, 0.3) is 22.4 Å². The quantitative estimate of drug-likeness (QED) is 0.0594. The lowest BCUT2D eigenvalue weighted by atomic mass is 9.58. The normalized spacial score (nSPS) is 19.7. The number of phenols is 1. The maximum Gasteiger partial charge on any atom is 0.455 e. The molecule has 9 nitrogen and oxygen atoms in total. The van der Waals surface area contributed by atoms with Crippen LogP contribution < -0.4 is 20.6 Å². The molecule has 2 saturated heterocycles. The van der Waals surface area contributed by atoms with Crippen molar-refractivity contribution in [1.29, 1.82) is 0 Å². The molecule has 0 saturated carbocycles. The predicted molar refractivity (Wildman–Crippen MR) is 279 cm³/mol. The van der Waals surface area contributed by atoms with E-state index in [9.17, 15) is 19.7 Å². The minimum Gasteiger partial charge on any atom is -0.507 e. The van der Waals surface area contributed by atoms with Gasteiger partial charge in [-0.2, -0.15) is 0 Å². The molecule has 69 heavy (non-hydrogen) atoms. The molecule has 2 aliphatic heterocycles. The van der Waals surface area contributed by atoms with Gasteiger partial charge in [-0.15, -0.1) is 0 Å². The van der Waals surface area contributed by atoms with Crippen molar-refractivity contribution in [2.45, 2.75) is 57.5 Å². The number of nitrogens with zero attached hydrogens (tertiary/aromatic N) is 2. The second-order valence-corrected chi connectivity index (χ2v) is 23.8. The van der Waals surface area contributed by atoms with Crippen molar-refractivity contribution in [2.24, 2.45) is 17.8 Å². The second kappa shape index (κ2) is 19.2. The van der Waals surface area contributed by atoms with E-state index in [0.29, 0.717) is 24.9 Å². The summed E-state index contributed by atoms with van der Waals surface area (Å²) >= 11 is 0. The highest BCUT2D eigenvalue weighted by atomic mass is 28.4. The number of rotatable bonds is 13. The molecule has 7 aromatic rings. The lowest BCUT2D eigenvalue weighted by molar-refractivity contribution is -0.122. The lowest BCUT2D eigenvalue weighted by Crippen LogP contribution is -2.66. The minimum atomic E-state index is -3.07. The van der Waals surface area contributed by atoms with Gasteiger partial charge in [-0.3, -0.25) is 19.5 Å². The number of pyridine rings is 1. The highest BCUT2D eigenvalue weighted by molar-refractivity contribution is 6.99. The van der Waals surface area contributed by atoms with E-state index in [1.165, 1.54) is 4.90 Å². The lowest BCUT2D eigenvalue weighted by Gasteiger charge is -2.46. The first kappa shape index (κ1) is 45.9. The number of hydrogen-bond donors (Lipinski definition) is 3. The summed E-state index contributed by atoms with van der Waals surface area (Å²) in [7, 11) is -4.23. The Hall–Kier alpha value is -6.89. The third-order valence-electron chi connectivity index (χ3n) is 14.3. The Labute approximate surface area is 405 Å². The van der Waals surface area contributed by atoms with Crippen LogP contribution in [0.15, 0.2) is 187 Å². The zero-order valence-electron chi connectivity index (χ0n) is 39.2. The molecular weight excluding hydrogens is 874 g/mol. The Bertz CT molecular complexity index is 3000. The van der Waals surface area contributed by atoms with E-state index in [-0.39, 0.29) is 35.5 Å². The van der Waals surface area contributed by atoms with Crippen LogP contribution in [0.1, 0.15) is 51.3 Å². The molecule has 4 atom stereocenters. The number of phenolic OH excluding ortho intramolecular Hbond substituents is 1. The predicted octanol–water partition coefficient (Wildman–Crippen LogP) is 10.6. The van der Waals surface area contributed by atoms with Crippen LogP contribution in [0.5, 0.6) is 5.75 Å². The van der Waals surface area contributed by atoms with Gasteiger partial charge in [-0.05, 0) is 135 Å². The van der Waals surface area contributed by atoms with Crippen molar-refractivity contribution in [3.63, 3.8) is 0 Å². The topological polar surface area (TPSA) is 121 Å². The summed E-state index contributed by atoms with van der Waals surface area (Å²) in [6.45, 7) is 6.97. The van der Waals surface area contributed by atoms with Crippen LogP contribution in [0.2, 0.25) is 11.4 Å². The standard InChI is InChI=1S/C58H56BN3O6Si/c1-58(2,3)69(45-19-9-5-10-20-45,46-21-11-6-12-22-46)67-38-41-36-49-55(57(65)62(56(49)64)44-30-28-43(29-31-44)61-42-17-7-4-8-18-42)50-37-59(66)68-53(54(41)50)33-27-40(51-25-15-16-34-60-51)35-39-26-32-52(63)48-24-14-13-23-47(39)48/h4-26,28-32,34-35,49-50,53,55,61,63,66H,27,33,36-38H2,1-3H3/b40-35-/t49-,50+,53-,55-/m1/s1. The summed E-state index contributed by atoms with van der Waals surface area (Å²) in [6.07, 6.45) is 4.77. The molecule has 1 aliphatic carbocycles. The molecule has 6 aromatic carbocycles. The third-order valence-corrected chi connectivity index (χ3v) is 19.3. The van der Waals surface area contributed by atoms with Crippen LogP contribution in [0.4, 0.5) is 17.1 Å². The number of allylic oxidation sites excluding steroid dienone is 1. The number of amides is 2. The van der Waals surface area contributed by atoms with Crippen LogP contribution in [-0.4, -0.2) is 55.1 Å². The molecule has 3 aliphatic rings. The number of aromatic hydroxyl groups is 1. The highest BCUT2D eigenvalue weighted by Crippen LogP contribution is 2.52. The summed E-state index contributed by atoms with van der Waals surface area (Å²) < 4.78 is 14.3. The van der Waals surface area contributed by atoms with Crippen molar-refractivity contribution in [3.8, 4) is 5.75 Å². The molecule has 0 unspecified atom stereocenters. The maximum absolute atomic E-state index is 15.0. The summed E-state index contributed by atoms with van der Waals surface area (Å²) in [4.78, 5) is 36.0. The molecule has 11 heteroatoms. The maximum atomic E-state index is 15.0. The smallest absolute Gasteiger partial charge is 0.455 e. The van der Waals surface area contributed by atoms with E-state index in [4.69, 9.17) is 14.1 Å². The van der Waals surface area contributed by atoms with Crippen molar-refractivity contribution in [2.75, 3.05) is 16.8 Å². The molecule has 1 aromatic heterocycles. The Morgan fingerprint density at radius 3 is 2.04 bits per heavy atom. The van der Waals surface area contributed by atoms with E-state index in [0.717, 1.165) is 60.5 Å². The molecule has 0 bridgehead atoms. The van der Waals surface area contributed by atoms with Crippen LogP contribution >= 0.6 is 0 Å². The largest absolute Gasteiger partial charge is 0.507 e. The van der Waals surface area contributed by atoms with Gasteiger partial charge in [-0.25, -0.2) is 0 Å². The van der Waals surface area contributed by atoms with E-state index in [1.807, 2.05) is 115 Å². The molecule has 0 spiro atoms. The van der Waals surface area contributed by atoms with Crippen LogP contribution in [0, 0.1) is 17.8 Å². The van der Waals surface area contributed by atoms with Gasteiger partial charge < -0.3 is 24.5 Å². The van der Waals surface area contributed by atoms with E-state index in [1.54, 1.807) is 12.3 Å². The number of nitrogens with one attached hydrogen (secondary N) is 1. The van der Waals surface area contributed by atoms with Gasteiger partial charge in [0, 0.05) is 23.0 Å². The first-order chi connectivity index (χ1) is 33.5. The second-order valence-electron chi connectivity index (χ2n) is 19.5. The molecule has 2 fully saturated rings. The Morgan fingerprint density at radius 1 is 0.768 bits per heavy atom. The van der Waals surface area contributed by atoms with Gasteiger partial charge in [0.15, 0.2) is 0 Å². The zero-order valence-corrected chi connectivity index (χ0v) is 40.2. The molecule has 10 rings (SSSR count). The SMILES string of the molecule is CC(C)(C)[Si](OCC1=C2[C@@H](CC/C(=C/c3ccc(O)c4ccccc34)c3ccccn3)OB(O)C[C@@H]2[C@@H]2C(=O)N(c3ccc(Nc4ccccc4)cc3)C(=O)[C@@H]2C1)(c1ccccc1)c1ccccc1. The fourth-order valence-electron chi connectivity index (χ4n) is 11.2. The van der Waals surface area contributed by atoms with Gasteiger partial charge in [0.1, 0.15) is 5.75 Å². The molecule has 3 N–H and O–H groups in total. The minimum absolute atomic E-state index is 0.172. The van der Waals surface area contributed by atoms with Crippen molar-refractivity contribution >= 4 is 77.1 Å². The first-order valence-corrected chi connectivity index (χ1v) is 25.8. The van der Waals surface area contributed by atoms with Crippen molar-refractivity contribution in [1.82, 2.24) is 4.98 Å². The number of carbonyl (C=O) groups excluding carboxylic acids is 2. The Kier molecular flexibility index (Phi) is 12.8. The number of hydrogen-bond acceptors (Lipinski definition) is 8. The fourth-order valence-corrected chi connectivity index (χ4v) is 15.8. The number of para-hydroxylation sites is 1. The van der Waals surface area contributed by atoms with Gasteiger partial charge >= 0.3 is 7.12 Å². The van der Waals surface area contributed by atoms with Crippen molar-refractivity contribution < 1.29 is 28.8 Å². The summed E-state index contributed by atoms with van der Waals surface area (Å²) in [6, 6.07) is 55.6. The number of anilines is 3. The number of aromatic nitrogens is 1. The number of carbonyl (C=O) groups is 2. The molecule has 0 radical (unpaired) electrons. The Morgan fingerprint density at radius 2 is 1.39 bits per heavy atom. The number of benzene rings is 6. The van der Waals surface area contributed by atoms with Gasteiger partial charge in [-0.1, -0.05) is 136 Å². The van der Waals surface area contributed by atoms with E-state index >= 15 is 0 Å². The van der Waals surface area contributed by atoms with Gasteiger partial charge in [0.25, 0.3) is 8.32 Å². The van der Waals surface area contributed by atoms with Gasteiger partial charge in [0.2, 0.25) is 11.8 Å².